The molecule has 0 spiro atoms. The standard InChI is InChI=1S/C23H28N2O5/c1-6-29-23(28)22(27)16(4)21(26)17-10-11-20(15(3)12-17)30-13-18-14(2)8-7-9-19(18)25(5)24/h7-12,16H,6,13,24H2,1-5H3. The summed E-state index contributed by atoms with van der Waals surface area (Å²) in [5.41, 5.74) is 3.97. The van der Waals surface area contributed by atoms with Crippen molar-refractivity contribution in [3.05, 3.63) is 58.7 Å². The molecule has 2 aromatic rings. The van der Waals surface area contributed by atoms with Crippen LogP contribution in [0.2, 0.25) is 0 Å². The van der Waals surface area contributed by atoms with Crippen LogP contribution in [0.4, 0.5) is 5.69 Å². The fourth-order valence-corrected chi connectivity index (χ4v) is 3.07. The van der Waals surface area contributed by atoms with Crippen LogP contribution in [0.25, 0.3) is 0 Å². The Balaban J connectivity index is 2.16. The van der Waals surface area contributed by atoms with Crippen molar-refractivity contribution in [2.75, 3.05) is 18.7 Å². The van der Waals surface area contributed by atoms with Crippen molar-refractivity contribution in [2.45, 2.75) is 34.3 Å². The highest BCUT2D eigenvalue weighted by Gasteiger charge is 2.29. The second-order valence-corrected chi connectivity index (χ2v) is 7.12. The van der Waals surface area contributed by atoms with Crippen molar-refractivity contribution in [2.24, 2.45) is 11.8 Å². The van der Waals surface area contributed by atoms with E-state index in [1.807, 2.05) is 32.0 Å². The maximum Gasteiger partial charge on any atom is 0.375 e. The first-order chi connectivity index (χ1) is 14.2. The van der Waals surface area contributed by atoms with Gasteiger partial charge in [0.1, 0.15) is 12.4 Å². The Morgan fingerprint density at radius 2 is 1.80 bits per heavy atom. The summed E-state index contributed by atoms with van der Waals surface area (Å²) < 4.78 is 10.7. The predicted molar refractivity (Wildman–Crippen MR) is 114 cm³/mol. The Morgan fingerprint density at radius 3 is 2.40 bits per heavy atom. The molecule has 0 aliphatic carbocycles. The Kier molecular flexibility index (Phi) is 7.72. The Labute approximate surface area is 176 Å². The summed E-state index contributed by atoms with van der Waals surface area (Å²) in [5.74, 6) is 3.14. The van der Waals surface area contributed by atoms with Crippen LogP contribution in [0, 0.1) is 19.8 Å². The van der Waals surface area contributed by atoms with E-state index >= 15 is 0 Å². The number of benzene rings is 2. The van der Waals surface area contributed by atoms with E-state index in [1.165, 1.54) is 6.92 Å². The maximum atomic E-state index is 12.6. The summed E-state index contributed by atoms with van der Waals surface area (Å²) in [6.07, 6.45) is 0. The fourth-order valence-electron chi connectivity index (χ4n) is 3.07. The molecule has 0 fully saturated rings. The lowest BCUT2D eigenvalue weighted by Gasteiger charge is -2.20. The van der Waals surface area contributed by atoms with E-state index < -0.39 is 23.5 Å². The van der Waals surface area contributed by atoms with Gasteiger partial charge in [0, 0.05) is 18.2 Å². The highest BCUT2D eigenvalue weighted by atomic mass is 16.5. The predicted octanol–water partition coefficient (Wildman–Crippen LogP) is 3.14. The van der Waals surface area contributed by atoms with Gasteiger partial charge in [-0.15, -0.1) is 0 Å². The Morgan fingerprint density at radius 1 is 1.10 bits per heavy atom. The van der Waals surface area contributed by atoms with Crippen LogP contribution in [-0.4, -0.2) is 31.2 Å². The number of carbonyl (C=O) groups is 3. The van der Waals surface area contributed by atoms with Crippen LogP contribution in [-0.2, 0) is 20.9 Å². The van der Waals surface area contributed by atoms with E-state index in [9.17, 15) is 14.4 Å². The number of Topliss-reactive ketones (excluding diaryl/α,β-unsaturated/α-hetero) is 2. The number of ether oxygens (including phenoxy) is 2. The quantitative estimate of drug-likeness (QED) is 0.169. The summed E-state index contributed by atoms with van der Waals surface area (Å²) in [6.45, 7) is 7.21. The van der Waals surface area contributed by atoms with Crippen molar-refractivity contribution in [1.82, 2.24) is 0 Å². The fraction of sp³-hybridized carbons (Fsp3) is 0.348. The van der Waals surface area contributed by atoms with Crippen molar-refractivity contribution >= 4 is 23.2 Å². The molecule has 2 rings (SSSR count). The Bertz CT molecular complexity index is 953. The van der Waals surface area contributed by atoms with Gasteiger partial charge in [0.15, 0.2) is 5.78 Å². The largest absolute Gasteiger partial charge is 0.489 e. The number of hydrazine groups is 1. The first kappa shape index (κ1) is 23.1. The molecule has 7 heteroatoms. The van der Waals surface area contributed by atoms with Crippen molar-refractivity contribution in [1.29, 1.82) is 0 Å². The molecule has 160 valence electrons. The van der Waals surface area contributed by atoms with E-state index in [-0.39, 0.29) is 6.61 Å². The average molecular weight is 412 g/mol. The molecular formula is C23H28N2O5. The van der Waals surface area contributed by atoms with Crippen molar-refractivity contribution in [3.63, 3.8) is 0 Å². The summed E-state index contributed by atoms with van der Waals surface area (Å²) in [5, 5.41) is 1.54. The number of aryl methyl sites for hydroxylation is 2. The zero-order chi connectivity index (χ0) is 22.4. The molecule has 0 aliphatic rings. The highest BCUT2D eigenvalue weighted by Crippen LogP contribution is 2.26. The van der Waals surface area contributed by atoms with Gasteiger partial charge >= 0.3 is 5.97 Å². The zero-order valence-electron chi connectivity index (χ0n) is 18.0. The number of hydrogen-bond donors (Lipinski definition) is 1. The van der Waals surface area contributed by atoms with Gasteiger partial charge in [-0.05, 0) is 63.1 Å². The minimum Gasteiger partial charge on any atom is -0.489 e. The first-order valence-electron chi connectivity index (χ1n) is 9.72. The number of carbonyl (C=O) groups excluding carboxylic acids is 3. The molecule has 0 aromatic heterocycles. The average Bonchev–Trinajstić information content (AvgIpc) is 2.71. The number of nitrogens with zero attached hydrogens (tertiary/aromatic N) is 1. The van der Waals surface area contributed by atoms with Crippen LogP contribution in [0.1, 0.15) is 40.9 Å². The van der Waals surface area contributed by atoms with Crippen LogP contribution < -0.4 is 15.6 Å². The molecule has 0 saturated carbocycles. The topological polar surface area (TPSA) is 98.9 Å². The number of nitrogens with two attached hydrogens (primary N) is 1. The van der Waals surface area contributed by atoms with Gasteiger partial charge in [-0.1, -0.05) is 12.1 Å². The Hall–Kier alpha value is -3.19. The molecule has 0 saturated heterocycles. The normalized spacial score (nSPS) is 11.5. The molecule has 1 atom stereocenters. The van der Waals surface area contributed by atoms with Crippen molar-refractivity contribution in [3.8, 4) is 5.75 Å². The molecule has 30 heavy (non-hydrogen) atoms. The number of anilines is 1. The lowest BCUT2D eigenvalue weighted by atomic mass is 9.94. The molecule has 2 aromatic carbocycles. The smallest absolute Gasteiger partial charge is 0.375 e. The lowest BCUT2D eigenvalue weighted by molar-refractivity contribution is -0.154. The molecule has 0 heterocycles. The summed E-state index contributed by atoms with van der Waals surface area (Å²) in [4.78, 5) is 36.3. The summed E-state index contributed by atoms with van der Waals surface area (Å²) in [7, 11) is 1.77. The third-order valence-corrected chi connectivity index (χ3v) is 4.86. The molecule has 7 nitrogen and oxygen atoms in total. The lowest BCUT2D eigenvalue weighted by Crippen LogP contribution is -2.29. The number of ketones is 2. The summed E-state index contributed by atoms with van der Waals surface area (Å²) in [6, 6.07) is 10.8. The van der Waals surface area contributed by atoms with E-state index in [0.717, 1.165) is 22.4 Å². The zero-order valence-corrected chi connectivity index (χ0v) is 18.0. The molecule has 0 aliphatic heterocycles. The molecule has 2 N–H and O–H groups in total. The highest BCUT2D eigenvalue weighted by molar-refractivity contribution is 6.39. The van der Waals surface area contributed by atoms with Gasteiger partial charge in [-0.25, -0.2) is 10.6 Å². The number of hydrogen-bond acceptors (Lipinski definition) is 7. The van der Waals surface area contributed by atoms with Crippen molar-refractivity contribution < 1.29 is 23.9 Å². The van der Waals surface area contributed by atoms with Gasteiger partial charge in [-0.2, -0.15) is 0 Å². The number of esters is 1. The SMILES string of the molecule is CCOC(=O)C(=O)C(C)C(=O)c1ccc(OCc2c(C)cccc2N(C)N)c(C)c1. The van der Waals surface area contributed by atoms with Crippen LogP contribution in [0.3, 0.4) is 0 Å². The summed E-state index contributed by atoms with van der Waals surface area (Å²) >= 11 is 0. The minimum atomic E-state index is -1.11. The molecule has 0 amide bonds. The van der Waals surface area contributed by atoms with Gasteiger partial charge < -0.3 is 14.5 Å². The minimum absolute atomic E-state index is 0.0825. The number of rotatable bonds is 9. The van der Waals surface area contributed by atoms with Gasteiger partial charge in [0.05, 0.1) is 18.2 Å². The van der Waals surface area contributed by atoms with E-state index in [4.69, 9.17) is 15.3 Å². The van der Waals surface area contributed by atoms with Gasteiger partial charge in [0.25, 0.3) is 5.78 Å². The molecule has 1 unspecified atom stereocenters. The van der Waals surface area contributed by atoms with Crippen LogP contribution >= 0.6 is 0 Å². The van der Waals surface area contributed by atoms with Crippen LogP contribution in [0.5, 0.6) is 5.75 Å². The third kappa shape index (κ3) is 5.24. The first-order valence-corrected chi connectivity index (χ1v) is 9.72. The second kappa shape index (κ2) is 10.0. The molecular weight excluding hydrogens is 384 g/mol. The monoisotopic (exact) mass is 412 g/mol. The maximum absolute atomic E-state index is 12.6. The molecule has 0 bridgehead atoms. The van der Waals surface area contributed by atoms with Gasteiger partial charge in [-0.3, -0.25) is 9.59 Å². The van der Waals surface area contributed by atoms with E-state index in [1.54, 1.807) is 37.2 Å². The van der Waals surface area contributed by atoms with E-state index in [0.29, 0.717) is 17.9 Å². The van der Waals surface area contributed by atoms with Gasteiger partial charge in [0.2, 0.25) is 0 Å². The third-order valence-electron chi connectivity index (χ3n) is 4.86. The molecule has 0 radical (unpaired) electrons. The van der Waals surface area contributed by atoms with Crippen LogP contribution in [0.15, 0.2) is 36.4 Å². The van der Waals surface area contributed by atoms with E-state index in [2.05, 4.69) is 0 Å². The second-order valence-electron chi connectivity index (χ2n) is 7.12.